The highest BCUT2D eigenvalue weighted by Gasteiger charge is 2.25. The predicted octanol–water partition coefficient (Wildman–Crippen LogP) is 1.61. The molecule has 0 radical (unpaired) electrons. The Labute approximate surface area is 126 Å². The van der Waals surface area contributed by atoms with Gasteiger partial charge in [-0.05, 0) is 38.3 Å². The molecule has 118 valence electrons. The van der Waals surface area contributed by atoms with Crippen LogP contribution < -0.4 is 5.32 Å². The highest BCUT2D eigenvalue weighted by Crippen LogP contribution is 2.17. The van der Waals surface area contributed by atoms with E-state index < -0.39 is 0 Å². The Hall–Kier alpha value is -1.43. The van der Waals surface area contributed by atoms with Crippen LogP contribution in [-0.4, -0.2) is 51.7 Å². The zero-order valence-electron chi connectivity index (χ0n) is 13.4. The fraction of sp³-hybridized carbons (Fsp3) is 0.800. The summed E-state index contributed by atoms with van der Waals surface area (Å²) in [6.45, 7) is 9.43. The fourth-order valence-corrected chi connectivity index (χ4v) is 2.88. The average molecular weight is 293 g/mol. The van der Waals surface area contributed by atoms with Gasteiger partial charge in [-0.15, -0.1) is 5.10 Å². The van der Waals surface area contributed by atoms with Crippen molar-refractivity contribution in [2.24, 2.45) is 5.92 Å². The third-order valence-electron chi connectivity index (χ3n) is 4.07. The quantitative estimate of drug-likeness (QED) is 0.801. The first kappa shape index (κ1) is 15.9. The number of aryl methyl sites for hydroxylation is 1. The van der Waals surface area contributed by atoms with Gasteiger partial charge in [-0.2, -0.15) is 0 Å². The van der Waals surface area contributed by atoms with E-state index in [1.54, 1.807) is 0 Å². The molecule has 0 saturated carbocycles. The number of hydrogen-bond acceptors (Lipinski definition) is 4. The number of aromatic amines is 1. The molecule has 1 unspecified atom stereocenters. The Morgan fingerprint density at radius 1 is 1.38 bits per heavy atom. The number of amides is 1. The molecule has 2 rings (SSSR count). The molecule has 0 aromatic carbocycles. The minimum atomic E-state index is -0.182. The summed E-state index contributed by atoms with van der Waals surface area (Å²) in [5.74, 6) is 1.37. The summed E-state index contributed by atoms with van der Waals surface area (Å²) in [7, 11) is 0. The first-order valence-electron chi connectivity index (χ1n) is 8.05. The molecule has 0 bridgehead atoms. The van der Waals surface area contributed by atoms with E-state index >= 15 is 0 Å². The lowest BCUT2D eigenvalue weighted by molar-refractivity contribution is 0.0917. The van der Waals surface area contributed by atoms with Crippen LogP contribution in [0.4, 0.5) is 0 Å². The molecule has 6 heteroatoms. The maximum absolute atomic E-state index is 12.1. The molecule has 0 aliphatic carbocycles. The van der Waals surface area contributed by atoms with Gasteiger partial charge in [0.25, 0.3) is 5.91 Å². The van der Waals surface area contributed by atoms with E-state index in [-0.39, 0.29) is 11.7 Å². The van der Waals surface area contributed by atoms with E-state index in [0.29, 0.717) is 18.5 Å². The van der Waals surface area contributed by atoms with Gasteiger partial charge in [-0.3, -0.25) is 14.8 Å². The van der Waals surface area contributed by atoms with Crippen LogP contribution in [0.1, 0.15) is 56.5 Å². The van der Waals surface area contributed by atoms with Gasteiger partial charge in [0.1, 0.15) is 5.82 Å². The molecule has 0 spiro atoms. The summed E-state index contributed by atoms with van der Waals surface area (Å²) >= 11 is 0. The molecule has 1 saturated heterocycles. The molecular weight excluding hydrogens is 266 g/mol. The van der Waals surface area contributed by atoms with Crippen molar-refractivity contribution in [3.05, 3.63) is 11.6 Å². The number of nitrogens with zero attached hydrogens (tertiary/aromatic N) is 3. The maximum atomic E-state index is 12.1. The van der Waals surface area contributed by atoms with Crippen molar-refractivity contribution >= 4 is 5.91 Å². The second-order valence-corrected chi connectivity index (χ2v) is 6.12. The summed E-state index contributed by atoms with van der Waals surface area (Å²) in [5, 5.41) is 9.80. The molecule has 1 aromatic rings. The largest absolute Gasteiger partial charge is 0.348 e. The second kappa shape index (κ2) is 7.54. The van der Waals surface area contributed by atoms with Crippen molar-refractivity contribution < 1.29 is 4.79 Å². The third kappa shape index (κ3) is 4.27. The highest BCUT2D eigenvalue weighted by molar-refractivity contribution is 5.90. The molecule has 1 aromatic heterocycles. The summed E-state index contributed by atoms with van der Waals surface area (Å²) in [6.07, 6.45) is 4.33. The van der Waals surface area contributed by atoms with Gasteiger partial charge in [-0.1, -0.05) is 20.8 Å². The molecule has 21 heavy (non-hydrogen) atoms. The Bertz CT molecular complexity index is 451. The van der Waals surface area contributed by atoms with Gasteiger partial charge in [0.2, 0.25) is 5.82 Å². The number of carbonyl (C=O) groups excluding carboxylic acids is 1. The standard InChI is InChI=1S/C15H27N5O/c1-4-7-13-17-14(19-18-13)15(21)16-10-12(11(2)3)20-8-5-6-9-20/h11-12H,4-10H2,1-3H3,(H,16,21)(H,17,18,19). The van der Waals surface area contributed by atoms with Crippen LogP contribution in [0.25, 0.3) is 0 Å². The molecule has 1 amide bonds. The Balaban J connectivity index is 1.88. The average Bonchev–Trinajstić information content (AvgIpc) is 3.10. The van der Waals surface area contributed by atoms with E-state index in [1.165, 1.54) is 12.8 Å². The molecule has 6 nitrogen and oxygen atoms in total. The number of hydrogen-bond donors (Lipinski definition) is 2. The number of rotatable bonds is 7. The molecule has 1 atom stereocenters. The van der Waals surface area contributed by atoms with Crippen LogP contribution in [-0.2, 0) is 6.42 Å². The lowest BCUT2D eigenvalue weighted by atomic mass is 10.0. The van der Waals surface area contributed by atoms with Gasteiger partial charge in [0.05, 0.1) is 0 Å². The van der Waals surface area contributed by atoms with Crippen molar-refractivity contribution in [2.75, 3.05) is 19.6 Å². The van der Waals surface area contributed by atoms with E-state index in [2.05, 4.69) is 46.2 Å². The van der Waals surface area contributed by atoms with Crippen LogP contribution in [0, 0.1) is 5.92 Å². The summed E-state index contributed by atoms with van der Waals surface area (Å²) in [6, 6.07) is 0.394. The van der Waals surface area contributed by atoms with E-state index in [1.807, 2.05) is 0 Å². The maximum Gasteiger partial charge on any atom is 0.291 e. The first-order chi connectivity index (χ1) is 10.1. The Morgan fingerprint density at radius 2 is 2.10 bits per heavy atom. The zero-order chi connectivity index (χ0) is 15.2. The molecule has 2 heterocycles. The van der Waals surface area contributed by atoms with Crippen LogP contribution >= 0.6 is 0 Å². The van der Waals surface area contributed by atoms with Gasteiger partial charge >= 0.3 is 0 Å². The van der Waals surface area contributed by atoms with Crippen molar-refractivity contribution in [3.8, 4) is 0 Å². The molecular formula is C15H27N5O. The van der Waals surface area contributed by atoms with Gasteiger partial charge < -0.3 is 5.32 Å². The van der Waals surface area contributed by atoms with Crippen molar-refractivity contribution in [1.29, 1.82) is 0 Å². The summed E-state index contributed by atoms with van der Waals surface area (Å²) in [5.41, 5.74) is 0. The topological polar surface area (TPSA) is 73.9 Å². The number of H-pyrrole nitrogens is 1. The van der Waals surface area contributed by atoms with Gasteiger partial charge in [0, 0.05) is 19.0 Å². The minimum Gasteiger partial charge on any atom is -0.348 e. The van der Waals surface area contributed by atoms with E-state index in [9.17, 15) is 4.79 Å². The van der Waals surface area contributed by atoms with E-state index in [4.69, 9.17) is 0 Å². The van der Waals surface area contributed by atoms with Crippen LogP contribution in [0.2, 0.25) is 0 Å². The first-order valence-corrected chi connectivity index (χ1v) is 8.05. The monoisotopic (exact) mass is 293 g/mol. The molecule has 2 N–H and O–H groups in total. The Kier molecular flexibility index (Phi) is 5.73. The fourth-order valence-electron chi connectivity index (χ4n) is 2.88. The van der Waals surface area contributed by atoms with Crippen LogP contribution in [0.15, 0.2) is 0 Å². The summed E-state index contributed by atoms with van der Waals surface area (Å²) < 4.78 is 0. The zero-order valence-corrected chi connectivity index (χ0v) is 13.4. The van der Waals surface area contributed by atoms with Crippen molar-refractivity contribution in [1.82, 2.24) is 25.4 Å². The minimum absolute atomic E-state index is 0.182. The molecule has 1 fully saturated rings. The number of likely N-dealkylation sites (tertiary alicyclic amines) is 1. The number of nitrogens with one attached hydrogen (secondary N) is 2. The number of aromatic nitrogens is 3. The SMILES string of the molecule is CCCc1nc(C(=O)NCC(C(C)C)N2CCCC2)n[nH]1. The lowest BCUT2D eigenvalue weighted by Crippen LogP contribution is -2.45. The lowest BCUT2D eigenvalue weighted by Gasteiger charge is -2.30. The molecule has 1 aliphatic rings. The van der Waals surface area contributed by atoms with Gasteiger partial charge in [-0.25, -0.2) is 4.98 Å². The van der Waals surface area contributed by atoms with Crippen LogP contribution in [0.5, 0.6) is 0 Å². The smallest absolute Gasteiger partial charge is 0.291 e. The van der Waals surface area contributed by atoms with Crippen molar-refractivity contribution in [3.63, 3.8) is 0 Å². The molecule has 1 aliphatic heterocycles. The van der Waals surface area contributed by atoms with Gasteiger partial charge in [0.15, 0.2) is 0 Å². The summed E-state index contributed by atoms with van der Waals surface area (Å²) in [4.78, 5) is 18.8. The highest BCUT2D eigenvalue weighted by atomic mass is 16.2. The third-order valence-corrected chi connectivity index (χ3v) is 4.07. The normalized spacial score (nSPS) is 17.3. The Morgan fingerprint density at radius 3 is 2.71 bits per heavy atom. The second-order valence-electron chi connectivity index (χ2n) is 6.12. The number of carbonyl (C=O) groups is 1. The van der Waals surface area contributed by atoms with Crippen LogP contribution in [0.3, 0.4) is 0 Å². The predicted molar refractivity (Wildman–Crippen MR) is 82.1 cm³/mol. The van der Waals surface area contributed by atoms with E-state index in [0.717, 1.165) is 31.8 Å². The van der Waals surface area contributed by atoms with Crippen molar-refractivity contribution in [2.45, 2.75) is 52.5 Å².